The molecule has 0 aromatic carbocycles. The largest absolute Gasteiger partial charge is 0.347 e. The summed E-state index contributed by atoms with van der Waals surface area (Å²) in [6, 6.07) is 0. The van der Waals surface area contributed by atoms with Crippen LogP contribution in [0.5, 0.6) is 0 Å². The summed E-state index contributed by atoms with van der Waals surface area (Å²) in [6.07, 6.45) is 6.51. The molecule has 1 aromatic heterocycles. The van der Waals surface area contributed by atoms with Gasteiger partial charge in [0.1, 0.15) is 5.82 Å². The van der Waals surface area contributed by atoms with E-state index >= 15 is 0 Å². The SMILES string of the molecule is CNCCC1CCN(c2nc(C3CC3)ns2)CC1. The van der Waals surface area contributed by atoms with Gasteiger partial charge in [0.05, 0.1) is 0 Å². The Kier molecular flexibility index (Phi) is 3.80. The highest BCUT2D eigenvalue weighted by Gasteiger charge is 2.29. The Morgan fingerprint density at radius 3 is 2.72 bits per heavy atom. The summed E-state index contributed by atoms with van der Waals surface area (Å²) in [6.45, 7) is 3.47. The Morgan fingerprint density at radius 1 is 1.28 bits per heavy atom. The first kappa shape index (κ1) is 12.4. The lowest BCUT2D eigenvalue weighted by Gasteiger charge is -2.31. The molecule has 2 aliphatic rings. The summed E-state index contributed by atoms with van der Waals surface area (Å²) >= 11 is 1.60. The maximum atomic E-state index is 4.70. The molecular formula is C13H22N4S. The monoisotopic (exact) mass is 266 g/mol. The molecule has 2 heterocycles. The summed E-state index contributed by atoms with van der Waals surface area (Å²) in [5, 5.41) is 4.40. The lowest BCUT2D eigenvalue weighted by atomic mass is 9.94. The number of aromatic nitrogens is 2. The zero-order valence-electron chi connectivity index (χ0n) is 11.1. The van der Waals surface area contributed by atoms with Crippen LogP contribution in [-0.4, -0.2) is 36.0 Å². The molecule has 0 unspecified atom stereocenters. The van der Waals surface area contributed by atoms with Crippen LogP contribution in [0.3, 0.4) is 0 Å². The number of piperidine rings is 1. The molecule has 0 bridgehead atoms. The van der Waals surface area contributed by atoms with Crippen molar-refractivity contribution < 1.29 is 0 Å². The number of nitrogens with zero attached hydrogens (tertiary/aromatic N) is 3. The third-order valence-corrected chi connectivity index (χ3v) is 4.85. The van der Waals surface area contributed by atoms with E-state index in [9.17, 15) is 0 Å². The maximum absolute atomic E-state index is 4.70. The van der Waals surface area contributed by atoms with Crippen LogP contribution in [0, 0.1) is 5.92 Å². The molecule has 100 valence electrons. The molecule has 1 aliphatic carbocycles. The highest BCUT2D eigenvalue weighted by Crippen LogP contribution is 2.40. The minimum absolute atomic E-state index is 0.683. The van der Waals surface area contributed by atoms with Crippen molar-refractivity contribution >= 4 is 16.7 Å². The van der Waals surface area contributed by atoms with E-state index in [1.165, 1.54) is 32.1 Å². The van der Waals surface area contributed by atoms with E-state index in [0.717, 1.165) is 36.5 Å². The molecular weight excluding hydrogens is 244 g/mol. The van der Waals surface area contributed by atoms with Gasteiger partial charge in [-0.25, -0.2) is 4.98 Å². The fourth-order valence-electron chi connectivity index (χ4n) is 2.62. The Bertz CT molecular complexity index is 380. The first-order valence-corrected chi connectivity index (χ1v) is 7.87. The van der Waals surface area contributed by atoms with Crippen LogP contribution < -0.4 is 10.2 Å². The van der Waals surface area contributed by atoms with E-state index in [1.807, 2.05) is 7.05 Å². The maximum Gasteiger partial charge on any atom is 0.205 e. The van der Waals surface area contributed by atoms with Crippen LogP contribution in [0.4, 0.5) is 5.13 Å². The molecule has 1 aliphatic heterocycles. The third-order valence-electron chi connectivity index (χ3n) is 4.06. The zero-order valence-corrected chi connectivity index (χ0v) is 11.9. The Hall–Kier alpha value is -0.680. The highest BCUT2D eigenvalue weighted by atomic mass is 32.1. The lowest BCUT2D eigenvalue weighted by Crippen LogP contribution is -2.34. The average molecular weight is 266 g/mol. The average Bonchev–Trinajstić information content (AvgIpc) is 3.15. The van der Waals surface area contributed by atoms with Crippen LogP contribution in [0.25, 0.3) is 0 Å². The molecule has 5 heteroatoms. The van der Waals surface area contributed by atoms with Crippen LogP contribution >= 0.6 is 11.5 Å². The van der Waals surface area contributed by atoms with Crippen molar-refractivity contribution in [3.63, 3.8) is 0 Å². The standard InChI is InChI=1S/C13H22N4S/c1-14-7-4-10-5-8-17(9-6-10)13-15-12(16-18-13)11-2-3-11/h10-11,14H,2-9H2,1H3. The molecule has 4 nitrogen and oxygen atoms in total. The van der Waals surface area contributed by atoms with E-state index in [1.54, 1.807) is 11.5 Å². The first-order valence-electron chi connectivity index (χ1n) is 7.10. The van der Waals surface area contributed by atoms with E-state index in [0.29, 0.717) is 5.92 Å². The number of hydrogen-bond acceptors (Lipinski definition) is 5. The molecule has 0 radical (unpaired) electrons. The second kappa shape index (κ2) is 5.53. The van der Waals surface area contributed by atoms with Gasteiger partial charge in [0.2, 0.25) is 5.13 Å². The molecule has 2 fully saturated rings. The molecule has 1 aromatic rings. The Balaban J connectivity index is 1.51. The topological polar surface area (TPSA) is 41.0 Å². The van der Waals surface area contributed by atoms with Crippen LogP contribution in [0.2, 0.25) is 0 Å². The van der Waals surface area contributed by atoms with E-state index in [4.69, 9.17) is 4.98 Å². The second-order valence-electron chi connectivity index (χ2n) is 5.53. The van der Waals surface area contributed by atoms with E-state index in [2.05, 4.69) is 14.6 Å². The molecule has 1 saturated carbocycles. The van der Waals surface area contributed by atoms with Crippen molar-refractivity contribution in [2.75, 3.05) is 31.6 Å². The highest BCUT2D eigenvalue weighted by molar-refractivity contribution is 7.09. The van der Waals surface area contributed by atoms with Crippen molar-refractivity contribution in [2.45, 2.75) is 38.0 Å². The second-order valence-corrected chi connectivity index (χ2v) is 6.26. The van der Waals surface area contributed by atoms with Crippen LogP contribution in [-0.2, 0) is 0 Å². The zero-order chi connectivity index (χ0) is 12.4. The smallest absolute Gasteiger partial charge is 0.205 e. The van der Waals surface area contributed by atoms with Crippen molar-refractivity contribution in [3.8, 4) is 0 Å². The van der Waals surface area contributed by atoms with Crippen LogP contribution in [0.15, 0.2) is 0 Å². The minimum Gasteiger partial charge on any atom is -0.347 e. The summed E-state index contributed by atoms with van der Waals surface area (Å²) < 4.78 is 4.50. The van der Waals surface area contributed by atoms with Crippen molar-refractivity contribution in [3.05, 3.63) is 5.82 Å². The van der Waals surface area contributed by atoms with Crippen molar-refractivity contribution in [1.29, 1.82) is 0 Å². The lowest BCUT2D eigenvalue weighted by molar-refractivity contribution is 0.378. The molecule has 0 atom stereocenters. The van der Waals surface area contributed by atoms with Gasteiger partial charge < -0.3 is 10.2 Å². The van der Waals surface area contributed by atoms with Crippen molar-refractivity contribution in [1.82, 2.24) is 14.7 Å². The van der Waals surface area contributed by atoms with E-state index < -0.39 is 0 Å². The molecule has 1 N–H and O–H groups in total. The van der Waals surface area contributed by atoms with Gasteiger partial charge in [-0.15, -0.1) is 0 Å². The van der Waals surface area contributed by atoms with E-state index in [-0.39, 0.29) is 0 Å². The number of rotatable bonds is 5. The molecule has 1 saturated heterocycles. The molecule has 0 spiro atoms. The third kappa shape index (κ3) is 2.83. The summed E-state index contributed by atoms with van der Waals surface area (Å²) in [5.74, 6) is 2.68. The van der Waals surface area contributed by atoms with Gasteiger partial charge >= 0.3 is 0 Å². The first-order chi connectivity index (χ1) is 8.86. The van der Waals surface area contributed by atoms with Crippen molar-refractivity contribution in [2.24, 2.45) is 5.92 Å². The Morgan fingerprint density at radius 2 is 2.06 bits per heavy atom. The number of nitrogens with one attached hydrogen (secondary N) is 1. The molecule has 18 heavy (non-hydrogen) atoms. The van der Waals surface area contributed by atoms with Gasteiger partial charge in [0.25, 0.3) is 0 Å². The minimum atomic E-state index is 0.683. The van der Waals surface area contributed by atoms with Gasteiger partial charge in [-0.3, -0.25) is 0 Å². The van der Waals surface area contributed by atoms with Gasteiger partial charge in [0, 0.05) is 30.5 Å². The quantitative estimate of drug-likeness (QED) is 0.887. The Labute approximate surface area is 113 Å². The number of hydrogen-bond donors (Lipinski definition) is 1. The summed E-state index contributed by atoms with van der Waals surface area (Å²) in [5.41, 5.74) is 0. The van der Waals surface area contributed by atoms with Gasteiger partial charge in [-0.05, 0) is 51.6 Å². The van der Waals surface area contributed by atoms with Gasteiger partial charge in [0.15, 0.2) is 0 Å². The molecule has 3 rings (SSSR count). The van der Waals surface area contributed by atoms with Gasteiger partial charge in [-0.1, -0.05) is 0 Å². The predicted octanol–water partition coefficient (Wildman–Crippen LogP) is 2.24. The fourth-order valence-corrected chi connectivity index (χ4v) is 3.42. The van der Waals surface area contributed by atoms with Crippen LogP contribution in [0.1, 0.15) is 43.8 Å². The summed E-state index contributed by atoms with van der Waals surface area (Å²) in [4.78, 5) is 7.13. The molecule has 0 amide bonds. The predicted molar refractivity (Wildman–Crippen MR) is 75.4 cm³/mol. The van der Waals surface area contributed by atoms with Gasteiger partial charge in [-0.2, -0.15) is 4.37 Å². The number of anilines is 1. The summed E-state index contributed by atoms with van der Waals surface area (Å²) in [7, 11) is 2.04. The normalized spacial score (nSPS) is 21.5. The fraction of sp³-hybridized carbons (Fsp3) is 0.846.